The highest BCUT2D eigenvalue weighted by molar-refractivity contribution is 5.95. The second-order valence-electron chi connectivity index (χ2n) is 5.44. The molecule has 0 radical (unpaired) electrons. The number of amides is 2. The van der Waals surface area contributed by atoms with E-state index < -0.39 is 0 Å². The molecule has 116 valence electrons. The Kier molecular flexibility index (Phi) is 4.00. The van der Waals surface area contributed by atoms with E-state index in [1.807, 2.05) is 0 Å². The van der Waals surface area contributed by atoms with Gasteiger partial charge in [-0.25, -0.2) is 0 Å². The van der Waals surface area contributed by atoms with Crippen LogP contribution in [0.2, 0.25) is 0 Å². The van der Waals surface area contributed by atoms with Crippen LogP contribution in [0, 0.1) is 6.92 Å². The number of aryl methyl sites for hydroxylation is 1. The summed E-state index contributed by atoms with van der Waals surface area (Å²) in [6.45, 7) is 3.01. The van der Waals surface area contributed by atoms with Crippen molar-refractivity contribution in [2.75, 3.05) is 13.1 Å². The number of hydrogen-bond donors (Lipinski definition) is 1. The van der Waals surface area contributed by atoms with Gasteiger partial charge in [0.1, 0.15) is 12.0 Å². The molecular formula is C16H18N2O4. The predicted molar refractivity (Wildman–Crippen MR) is 78.5 cm³/mol. The Labute approximate surface area is 128 Å². The fraction of sp³-hybridized carbons (Fsp3) is 0.375. The van der Waals surface area contributed by atoms with Crippen LogP contribution in [0.4, 0.5) is 0 Å². The molecular weight excluding hydrogens is 284 g/mol. The van der Waals surface area contributed by atoms with Crippen LogP contribution in [0.5, 0.6) is 0 Å². The van der Waals surface area contributed by atoms with Gasteiger partial charge in [0.25, 0.3) is 11.8 Å². The van der Waals surface area contributed by atoms with Gasteiger partial charge < -0.3 is 19.1 Å². The lowest BCUT2D eigenvalue weighted by Crippen LogP contribution is -2.46. The normalized spacial score (nSPS) is 15.8. The van der Waals surface area contributed by atoms with Crippen LogP contribution in [-0.2, 0) is 0 Å². The van der Waals surface area contributed by atoms with Crippen molar-refractivity contribution in [2.45, 2.75) is 25.8 Å². The molecule has 3 rings (SSSR count). The van der Waals surface area contributed by atoms with Crippen LogP contribution in [0.25, 0.3) is 0 Å². The third-order valence-electron chi connectivity index (χ3n) is 3.99. The van der Waals surface area contributed by atoms with Crippen LogP contribution in [-0.4, -0.2) is 35.8 Å². The summed E-state index contributed by atoms with van der Waals surface area (Å²) in [7, 11) is 0. The number of likely N-dealkylation sites (tertiary alicyclic amines) is 1. The second kappa shape index (κ2) is 6.09. The molecule has 3 heterocycles. The Balaban J connectivity index is 1.53. The SMILES string of the molecule is Cc1occc1C(=O)NC1CCN(C(=O)c2ccoc2)CC1. The number of piperidine rings is 1. The van der Waals surface area contributed by atoms with Gasteiger partial charge in [-0.3, -0.25) is 9.59 Å². The molecule has 2 aromatic heterocycles. The van der Waals surface area contributed by atoms with Gasteiger partial charge >= 0.3 is 0 Å². The van der Waals surface area contributed by atoms with E-state index >= 15 is 0 Å². The Bertz CT molecular complexity index is 652. The van der Waals surface area contributed by atoms with Gasteiger partial charge in [-0.1, -0.05) is 0 Å². The van der Waals surface area contributed by atoms with Crippen LogP contribution in [0.3, 0.4) is 0 Å². The summed E-state index contributed by atoms with van der Waals surface area (Å²) in [6, 6.07) is 3.41. The highest BCUT2D eigenvalue weighted by Crippen LogP contribution is 2.16. The first-order valence-electron chi connectivity index (χ1n) is 7.31. The van der Waals surface area contributed by atoms with E-state index in [1.54, 1.807) is 24.0 Å². The Morgan fingerprint density at radius 1 is 1.23 bits per heavy atom. The van der Waals surface area contributed by atoms with Gasteiger partial charge in [0.15, 0.2) is 0 Å². The van der Waals surface area contributed by atoms with Crippen molar-refractivity contribution in [2.24, 2.45) is 0 Å². The van der Waals surface area contributed by atoms with E-state index in [0.717, 1.165) is 12.8 Å². The molecule has 1 aliphatic heterocycles. The second-order valence-corrected chi connectivity index (χ2v) is 5.44. The van der Waals surface area contributed by atoms with E-state index in [9.17, 15) is 9.59 Å². The maximum atomic E-state index is 12.2. The molecule has 1 N–H and O–H groups in total. The van der Waals surface area contributed by atoms with Crippen LogP contribution < -0.4 is 5.32 Å². The molecule has 2 amide bonds. The largest absolute Gasteiger partial charge is 0.472 e. The first-order chi connectivity index (χ1) is 10.6. The lowest BCUT2D eigenvalue weighted by Gasteiger charge is -2.32. The molecule has 0 aromatic carbocycles. The van der Waals surface area contributed by atoms with Gasteiger partial charge in [0.05, 0.1) is 23.7 Å². The van der Waals surface area contributed by atoms with Crippen molar-refractivity contribution in [1.29, 1.82) is 0 Å². The molecule has 0 saturated carbocycles. The molecule has 1 aliphatic rings. The lowest BCUT2D eigenvalue weighted by atomic mass is 10.0. The quantitative estimate of drug-likeness (QED) is 0.943. The molecule has 0 aliphatic carbocycles. The van der Waals surface area contributed by atoms with Crippen molar-refractivity contribution < 1.29 is 18.4 Å². The molecule has 6 nitrogen and oxygen atoms in total. The van der Waals surface area contributed by atoms with Crippen molar-refractivity contribution in [3.63, 3.8) is 0 Å². The minimum Gasteiger partial charge on any atom is -0.472 e. The van der Waals surface area contributed by atoms with Crippen molar-refractivity contribution >= 4 is 11.8 Å². The summed E-state index contributed by atoms with van der Waals surface area (Å²) in [4.78, 5) is 26.1. The zero-order valence-corrected chi connectivity index (χ0v) is 12.4. The number of furan rings is 2. The number of carbonyl (C=O) groups is 2. The third-order valence-corrected chi connectivity index (χ3v) is 3.99. The maximum Gasteiger partial charge on any atom is 0.257 e. The van der Waals surface area contributed by atoms with Gasteiger partial charge in [-0.05, 0) is 31.9 Å². The van der Waals surface area contributed by atoms with Gasteiger partial charge in [0.2, 0.25) is 0 Å². The summed E-state index contributed by atoms with van der Waals surface area (Å²) in [6.07, 6.45) is 5.94. The van der Waals surface area contributed by atoms with Crippen molar-refractivity contribution in [3.8, 4) is 0 Å². The van der Waals surface area contributed by atoms with E-state index in [2.05, 4.69) is 5.32 Å². The van der Waals surface area contributed by atoms with Gasteiger partial charge in [-0.2, -0.15) is 0 Å². The third kappa shape index (κ3) is 2.90. The summed E-state index contributed by atoms with van der Waals surface area (Å²) in [5.74, 6) is 0.472. The fourth-order valence-corrected chi connectivity index (χ4v) is 2.68. The highest BCUT2D eigenvalue weighted by atomic mass is 16.3. The first-order valence-corrected chi connectivity index (χ1v) is 7.31. The standard InChI is InChI=1S/C16H18N2O4/c1-11-14(5-9-22-11)15(19)17-13-2-6-18(7-3-13)16(20)12-4-8-21-10-12/h4-5,8-10,13H,2-3,6-7H2,1H3,(H,17,19). The minimum absolute atomic E-state index is 0.0239. The van der Waals surface area contributed by atoms with E-state index in [1.165, 1.54) is 18.8 Å². The molecule has 0 spiro atoms. The zero-order chi connectivity index (χ0) is 15.5. The number of carbonyl (C=O) groups excluding carboxylic acids is 2. The maximum absolute atomic E-state index is 12.2. The molecule has 6 heteroatoms. The Morgan fingerprint density at radius 2 is 2.00 bits per heavy atom. The molecule has 0 atom stereocenters. The highest BCUT2D eigenvalue weighted by Gasteiger charge is 2.25. The van der Waals surface area contributed by atoms with Crippen molar-refractivity contribution in [1.82, 2.24) is 10.2 Å². The Hall–Kier alpha value is -2.50. The van der Waals surface area contributed by atoms with Crippen LogP contribution in [0.1, 0.15) is 39.3 Å². The van der Waals surface area contributed by atoms with Gasteiger partial charge in [-0.15, -0.1) is 0 Å². The molecule has 0 unspecified atom stereocenters. The number of hydrogen-bond acceptors (Lipinski definition) is 4. The average molecular weight is 302 g/mol. The fourth-order valence-electron chi connectivity index (χ4n) is 2.68. The van der Waals surface area contributed by atoms with E-state index in [0.29, 0.717) is 30.0 Å². The minimum atomic E-state index is -0.120. The molecule has 1 fully saturated rings. The molecule has 1 saturated heterocycles. The monoisotopic (exact) mass is 302 g/mol. The van der Waals surface area contributed by atoms with E-state index in [-0.39, 0.29) is 17.9 Å². The number of nitrogens with zero attached hydrogens (tertiary/aromatic N) is 1. The van der Waals surface area contributed by atoms with Gasteiger partial charge in [0, 0.05) is 19.1 Å². The van der Waals surface area contributed by atoms with Crippen LogP contribution in [0.15, 0.2) is 39.8 Å². The molecule has 22 heavy (non-hydrogen) atoms. The summed E-state index contributed by atoms with van der Waals surface area (Å²) in [5.41, 5.74) is 1.13. The van der Waals surface area contributed by atoms with E-state index in [4.69, 9.17) is 8.83 Å². The van der Waals surface area contributed by atoms with Crippen LogP contribution >= 0.6 is 0 Å². The first kappa shape index (κ1) is 14.4. The lowest BCUT2D eigenvalue weighted by molar-refractivity contribution is 0.0697. The smallest absolute Gasteiger partial charge is 0.257 e. The number of rotatable bonds is 3. The topological polar surface area (TPSA) is 75.7 Å². The zero-order valence-electron chi connectivity index (χ0n) is 12.4. The Morgan fingerprint density at radius 3 is 2.59 bits per heavy atom. The molecule has 2 aromatic rings. The average Bonchev–Trinajstić information content (AvgIpc) is 3.18. The number of nitrogens with one attached hydrogen (secondary N) is 1. The summed E-state index contributed by atoms with van der Waals surface area (Å²) < 4.78 is 10.1. The molecule has 0 bridgehead atoms. The summed E-state index contributed by atoms with van der Waals surface area (Å²) in [5, 5.41) is 3.00. The van der Waals surface area contributed by atoms with Crippen molar-refractivity contribution in [3.05, 3.63) is 47.8 Å². The predicted octanol–water partition coefficient (Wildman–Crippen LogP) is 2.22. The summed E-state index contributed by atoms with van der Waals surface area (Å²) >= 11 is 0.